The van der Waals surface area contributed by atoms with Crippen LogP contribution in [0.2, 0.25) is 10.0 Å². The first-order chi connectivity index (χ1) is 10.4. The van der Waals surface area contributed by atoms with Crippen LogP contribution in [0.1, 0.15) is 22.3 Å². The molecule has 0 saturated carbocycles. The summed E-state index contributed by atoms with van der Waals surface area (Å²) in [6.45, 7) is 5.50. The molecule has 0 saturated heterocycles. The molecule has 0 unspecified atom stereocenters. The molecule has 0 spiro atoms. The predicted molar refractivity (Wildman–Crippen MR) is 98.7 cm³/mol. The lowest BCUT2D eigenvalue weighted by Gasteiger charge is -2.12. The zero-order chi connectivity index (χ0) is 16.1. The van der Waals surface area contributed by atoms with Gasteiger partial charge in [-0.2, -0.15) is 0 Å². The van der Waals surface area contributed by atoms with Crippen LogP contribution < -0.4 is 10.6 Å². The highest BCUT2D eigenvalue weighted by Gasteiger charge is 2.02. The first-order valence-corrected chi connectivity index (χ1v) is 8.13. The number of hydrogen-bond acceptors (Lipinski definition) is 1. The summed E-state index contributed by atoms with van der Waals surface area (Å²) >= 11 is 17.2. The van der Waals surface area contributed by atoms with Crippen molar-refractivity contribution in [1.29, 1.82) is 0 Å². The van der Waals surface area contributed by atoms with Gasteiger partial charge in [0.2, 0.25) is 0 Å². The van der Waals surface area contributed by atoms with E-state index < -0.39 is 0 Å². The number of rotatable bonds is 4. The Hall–Kier alpha value is -1.29. The molecular formula is C17H18Cl2N2S. The van der Waals surface area contributed by atoms with E-state index in [0.29, 0.717) is 28.2 Å². The fourth-order valence-electron chi connectivity index (χ4n) is 2.25. The van der Waals surface area contributed by atoms with E-state index in [9.17, 15) is 0 Å². The Morgan fingerprint density at radius 3 is 2.05 bits per heavy atom. The van der Waals surface area contributed by atoms with Crippen LogP contribution in [0.15, 0.2) is 36.4 Å². The van der Waals surface area contributed by atoms with E-state index in [-0.39, 0.29) is 0 Å². The summed E-state index contributed by atoms with van der Waals surface area (Å²) in [6, 6.07) is 12.0. The molecule has 0 bridgehead atoms. The minimum Gasteiger partial charge on any atom is -0.359 e. The van der Waals surface area contributed by atoms with Gasteiger partial charge in [-0.3, -0.25) is 0 Å². The van der Waals surface area contributed by atoms with Gasteiger partial charge in [0.1, 0.15) is 0 Å². The van der Waals surface area contributed by atoms with Crippen LogP contribution in [0.5, 0.6) is 0 Å². The maximum Gasteiger partial charge on any atom is 0.166 e. The van der Waals surface area contributed by atoms with Crippen LogP contribution in [0.4, 0.5) is 0 Å². The lowest BCUT2D eigenvalue weighted by Crippen LogP contribution is -2.34. The Balaban J connectivity index is 1.84. The van der Waals surface area contributed by atoms with Gasteiger partial charge in [0.15, 0.2) is 5.11 Å². The number of aryl methyl sites for hydroxylation is 2. The normalized spacial score (nSPS) is 10.4. The average molecular weight is 353 g/mol. The molecule has 0 aliphatic carbocycles. The van der Waals surface area contributed by atoms with E-state index in [1.54, 1.807) is 6.07 Å². The summed E-state index contributed by atoms with van der Waals surface area (Å²) in [4.78, 5) is 0. The number of nitrogens with one attached hydrogen (secondary N) is 2. The SMILES string of the molecule is Cc1cc(C)cc(CNC(=S)NCc2ccc(Cl)c(Cl)c2)c1. The standard InChI is InChI=1S/C17H18Cl2N2S/c1-11-5-12(2)7-14(6-11)10-21-17(22)20-9-13-3-4-15(18)16(19)8-13/h3-8H,9-10H2,1-2H3,(H2,20,21,22). The Kier molecular flexibility index (Phi) is 6.07. The maximum atomic E-state index is 5.99. The third kappa shape index (κ3) is 5.16. The molecule has 0 heterocycles. The van der Waals surface area contributed by atoms with Crippen LogP contribution in [-0.4, -0.2) is 5.11 Å². The number of halogens is 2. The van der Waals surface area contributed by atoms with Crippen molar-refractivity contribution in [3.63, 3.8) is 0 Å². The fraction of sp³-hybridized carbons (Fsp3) is 0.235. The van der Waals surface area contributed by atoms with E-state index in [1.807, 2.05) is 12.1 Å². The van der Waals surface area contributed by atoms with Crippen molar-refractivity contribution in [1.82, 2.24) is 10.6 Å². The Morgan fingerprint density at radius 2 is 1.45 bits per heavy atom. The molecule has 0 amide bonds. The molecular weight excluding hydrogens is 335 g/mol. The predicted octanol–water partition coefficient (Wildman–Crippen LogP) is 4.77. The largest absolute Gasteiger partial charge is 0.359 e. The summed E-state index contributed by atoms with van der Waals surface area (Å²) in [5, 5.41) is 8.10. The van der Waals surface area contributed by atoms with E-state index in [4.69, 9.17) is 35.4 Å². The van der Waals surface area contributed by atoms with Gasteiger partial charge < -0.3 is 10.6 Å². The third-order valence-electron chi connectivity index (χ3n) is 3.17. The van der Waals surface area contributed by atoms with Crippen LogP contribution in [-0.2, 0) is 13.1 Å². The molecule has 2 N–H and O–H groups in total. The van der Waals surface area contributed by atoms with Crippen molar-refractivity contribution in [2.45, 2.75) is 26.9 Å². The van der Waals surface area contributed by atoms with Crippen LogP contribution >= 0.6 is 35.4 Å². The molecule has 2 aromatic rings. The van der Waals surface area contributed by atoms with Gasteiger partial charge >= 0.3 is 0 Å². The average Bonchev–Trinajstić information content (AvgIpc) is 2.45. The second-order valence-corrected chi connectivity index (χ2v) is 6.50. The van der Waals surface area contributed by atoms with Gasteiger partial charge in [0, 0.05) is 13.1 Å². The Labute approximate surface area is 146 Å². The van der Waals surface area contributed by atoms with Gasteiger partial charge in [-0.25, -0.2) is 0 Å². The molecule has 0 radical (unpaired) electrons. The third-order valence-corrected chi connectivity index (χ3v) is 4.20. The minimum absolute atomic E-state index is 0.551. The monoisotopic (exact) mass is 352 g/mol. The molecule has 0 aliphatic rings. The Bertz CT molecular complexity index is 666. The Morgan fingerprint density at radius 1 is 0.864 bits per heavy atom. The lowest BCUT2D eigenvalue weighted by atomic mass is 10.1. The number of thiocarbonyl (C=S) groups is 1. The number of benzene rings is 2. The van der Waals surface area contributed by atoms with Gasteiger partial charge in [0.05, 0.1) is 10.0 Å². The van der Waals surface area contributed by atoms with Crippen molar-refractivity contribution >= 4 is 40.5 Å². The van der Waals surface area contributed by atoms with E-state index in [0.717, 1.165) is 5.56 Å². The van der Waals surface area contributed by atoms with Crippen LogP contribution in [0, 0.1) is 13.8 Å². The molecule has 0 aliphatic heterocycles. The van der Waals surface area contributed by atoms with Crippen molar-refractivity contribution in [3.05, 3.63) is 68.7 Å². The molecule has 0 fully saturated rings. The number of hydrogen-bond donors (Lipinski definition) is 2. The first kappa shape index (κ1) is 17.1. The summed E-state index contributed by atoms with van der Waals surface area (Å²) in [5.41, 5.74) is 4.76. The molecule has 2 nitrogen and oxygen atoms in total. The first-order valence-electron chi connectivity index (χ1n) is 6.97. The molecule has 116 valence electrons. The van der Waals surface area contributed by atoms with Gasteiger partial charge in [0.25, 0.3) is 0 Å². The minimum atomic E-state index is 0.551. The van der Waals surface area contributed by atoms with Crippen molar-refractivity contribution in [2.24, 2.45) is 0 Å². The summed E-state index contributed by atoms with van der Waals surface area (Å²) in [5.74, 6) is 0. The van der Waals surface area contributed by atoms with Gasteiger partial charge in [-0.15, -0.1) is 0 Å². The van der Waals surface area contributed by atoms with Crippen molar-refractivity contribution in [2.75, 3.05) is 0 Å². The second kappa shape index (κ2) is 7.82. The molecule has 2 rings (SSSR count). The smallest absolute Gasteiger partial charge is 0.166 e. The summed E-state index contributed by atoms with van der Waals surface area (Å²) in [7, 11) is 0. The molecule has 5 heteroatoms. The molecule has 2 aromatic carbocycles. The van der Waals surface area contributed by atoms with E-state index >= 15 is 0 Å². The highest BCUT2D eigenvalue weighted by Crippen LogP contribution is 2.22. The maximum absolute atomic E-state index is 5.99. The quantitative estimate of drug-likeness (QED) is 0.774. The molecule has 0 aromatic heterocycles. The van der Waals surface area contributed by atoms with Crippen molar-refractivity contribution in [3.8, 4) is 0 Å². The van der Waals surface area contributed by atoms with E-state index in [2.05, 4.69) is 42.7 Å². The van der Waals surface area contributed by atoms with Crippen LogP contribution in [0.25, 0.3) is 0 Å². The van der Waals surface area contributed by atoms with Crippen molar-refractivity contribution < 1.29 is 0 Å². The molecule has 0 atom stereocenters. The van der Waals surface area contributed by atoms with Gasteiger partial charge in [-0.1, -0.05) is 58.6 Å². The zero-order valence-corrected chi connectivity index (χ0v) is 14.9. The summed E-state index contributed by atoms with van der Waals surface area (Å²) in [6.07, 6.45) is 0. The summed E-state index contributed by atoms with van der Waals surface area (Å²) < 4.78 is 0. The topological polar surface area (TPSA) is 24.1 Å². The second-order valence-electron chi connectivity index (χ2n) is 5.28. The highest BCUT2D eigenvalue weighted by atomic mass is 35.5. The zero-order valence-electron chi connectivity index (χ0n) is 12.5. The highest BCUT2D eigenvalue weighted by molar-refractivity contribution is 7.80. The fourth-order valence-corrected chi connectivity index (χ4v) is 2.71. The van der Waals surface area contributed by atoms with Gasteiger partial charge in [-0.05, 0) is 49.3 Å². The van der Waals surface area contributed by atoms with Crippen LogP contribution in [0.3, 0.4) is 0 Å². The lowest BCUT2D eigenvalue weighted by molar-refractivity contribution is 0.832. The van der Waals surface area contributed by atoms with E-state index in [1.165, 1.54) is 16.7 Å². The molecule has 22 heavy (non-hydrogen) atoms.